The second-order valence-corrected chi connectivity index (χ2v) is 4.31. The van der Waals surface area contributed by atoms with Gasteiger partial charge in [-0.25, -0.2) is 10.4 Å². The molecule has 0 spiro atoms. The van der Waals surface area contributed by atoms with Gasteiger partial charge in [0.1, 0.15) is 0 Å². The van der Waals surface area contributed by atoms with Gasteiger partial charge in [0.25, 0.3) is 0 Å². The van der Waals surface area contributed by atoms with E-state index in [1.54, 1.807) is 12.5 Å². The molecule has 4 nitrogen and oxygen atoms in total. The summed E-state index contributed by atoms with van der Waals surface area (Å²) in [6.45, 7) is 2.15. The second kappa shape index (κ2) is 5.12. The Morgan fingerprint density at radius 3 is 2.47 bits per heavy atom. The highest BCUT2D eigenvalue weighted by atomic mass is 15.5. The van der Waals surface area contributed by atoms with Crippen LogP contribution in [-0.4, -0.2) is 28.7 Å². The van der Waals surface area contributed by atoms with Crippen molar-refractivity contribution in [2.75, 3.05) is 14.1 Å². The number of hydrazine groups is 1. The molecule has 0 amide bonds. The molecule has 0 saturated carbocycles. The van der Waals surface area contributed by atoms with E-state index in [1.807, 2.05) is 29.9 Å². The number of hydrogen-bond acceptors (Lipinski definition) is 3. The number of hydrogen-bond donors (Lipinski definition) is 1. The number of nitrogens with zero attached hydrogens (tertiary/aromatic N) is 3. The maximum absolute atomic E-state index is 4.04. The Hall–Kier alpha value is -1.65. The molecule has 0 radical (unpaired) electrons. The zero-order valence-corrected chi connectivity index (χ0v) is 10.5. The summed E-state index contributed by atoms with van der Waals surface area (Å²) in [6.07, 6.45) is 5.52. The molecule has 0 bridgehead atoms. The normalized spacial score (nSPS) is 12.9. The van der Waals surface area contributed by atoms with E-state index in [0.717, 1.165) is 5.69 Å². The zero-order chi connectivity index (χ0) is 12.3. The fourth-order valence-corrected chi connectivity index (χ4v) is 1.81. The van der Waals surface area contributed by atoms with E-state index in [-0.39, 0.29) is 0 Å². The van der Waals surface area contributed by atoms with Crippen molar-refractivity contribution >= 4 is 0 Å². The SMILES string of the molecule is CC(NN(C)C)c1ccc(-n2ccnc2)cc1. The summed E-state index contributed by atoms with van der Waals surface area (Å²) in [4.78, 5) is 4.04. The lowest BCUT2D eigenvalue weighted by molar-refractivity contribution is 0.252. The molecule has 0 fully saturated rings. The highest BCUT2D eigenvalue weighted by Crippen LogP contribution is 2.15. The maximum Gasteiger partial charge on any atom is 0.0991 e. The van der Waals surface area contributed by atoms with E-state index >= 15 is 0 Å². The van der Waals surface area contributed by atoms with Crippen LogP contribution >= 0.6 is 0 Å². The molecule has 2 rings (SSSR count). The largest absolute Gasteiger partial charge is 0.306 e. The molecule has 0 aliphatic rings. The molecule has 2 aromatic rings. The Balaban J connectivity index is 2.13. The Morgan fingerprint density at radius 2 is 1.94 bits per heavy atom. The highest BCUT2D eigenvalue weighted by molar-refractivity contribution is 5.35. The van der Waals surface area contributed by atoms with Crippen molar-refractivity contribution in [1.82, 2.24) is 20.0 Å². The lowest BCUT2D eigenvalue weighted by Crippen LogP contribution is -2.32. The first-order valence-electron chi connectivity index (χ1n) is 5.68. The van der Waals surface area contributed by atoms with Gasteiger partial charge >= 0.3 is 0 Å². The minimum absolute atomic E-state index is 0.307. The Morgan fingerprint density at radius 1 is 1.24 bits per heavy atom. The van der Waals surface area contributed by atoms with Gasteiger partial charge in [0.2, 0.25) is 0 Å². The third-order valence-corrected chi connectivity index (χ3v) is 2.65. The van der Waals surface area contributed by atoms with E-state index in [2.05, 4.69) is 41.6 Å². The van der Waals surface area contributed by atoms with Crippen LogP contribution in [0.25, 0.3) is 5.69 Å². The molecule has 0 aliphatic carbocycles. The number of nitrogens with one attached hydrogen (secondary N) is 1. The third-order valence-electron chi connectivity index (χ3n) is 2.65. The van der Waals surface area contributed by atoms with Crippen molar-refractivity contribution < 1.29 is 0 Å². The molecule has 1 N–H and O–H groups in total. The molecule has 1 heterocycles. The Bertz CT molecular complexity index is 445. The smallest absolute Gasteiger partial charge is 0.0991 e. The first-order valence-corrected chi connectivity index (χ1v) is 5.68. The molecule has 90 valence electrons. The molecule has 1 aromatic heterocycles. The van der Waals surface area contributed by atoms with Gasteiger partial charge in [0.15, 0.2) is 0 Å². The molecular weight excluding hydrogens is 212 g/mol. The van der Waals surface area contributed by atoms with Gasteiger partial charge in [-0.3, -0.25) is 5.01 Å². The van der Waals surface area contributed by atoms with Crippen molar-refractivity contribution in [3.8, 4) is 5.69 Å². The molecule has 0 saturated heterocycles. The van der Waals surface area contributed by atoms with E-state index in [4.69, 9.17) is 0 Å². The second-order valence-electron chi connectivity index (χ2n) is 4.31. The molecule has 4 heteroatoms. The van der Waals surface area contributed by atoms with Gasteiger partial charge in [0, 0.05) is 38.2 Å². The van der Waals surface area contributed by atoms with Crippen LogP contribution in [0.4, 0.5) is 0 Å². The van der Waals surface area contributed by atoms with Gasteiger partial charge in [-0.15, -0.1) is 0 Å². The van der Waals surface area contributed by atoms with Crippen molar-refractivity contribution in [3.63, 3.8) is 0 Å². The van der Waals surface area contributed by atoms with Crippen LogP contribution in [-0.2, 0) is 0 Å². The van der Waals surface area contributed by atoms with Crippen LogP contribution in [0.1, 0.15) is 18.5 Å². The van der Waals surface area contributed by atoms with Crippen molar-refractivity contribution in [2.24, 2.45) is 0 Å². The number of aromatic nitrogens is 2. The molecule has 1 atom stereocenters. The quantitative estimate of drug-likeness (QED) is 0.816. The topological polar surface area (TPSA) is 33.1 Å². The standard InChI is InChI=1S/C13H18N4/c1-11(15-16(2)3)12-4-6-13(7-5-12)17-9-8-14-10-17/h4-11,15H,1-3H3. The minimum Gasteiger partial charge on any atom is -0.306 e. The number of rotatable bonds is 4. The third kappa shape index (κ3) is 2.93. The monoisotopic (exact) mass is 230 g/mol. The molecule has 1 aromatic carbocycles. The summed E-state index contributed by atoms with van der Waals surface area (Å²) in [5, 5.41) is 1.97. The lowest BCUT2D eigenvalue weighted by atomic mass is 10.1. The van der Waals surface area contributed by atoms with Crippen LogP contribution < -0.4 is 5.43 Å². The summed E-state index contributed by atoms with van der Waals surface area (Å²) in [5.41, 5.74) is 5.72. The number of benzene rings is 1. The first-order chi connectivity index (χ1) is 8.16. The van der Waals surface area contributed by atoms with Gasteiger partial charge < -0.3 is 4.57 Å². The van der Waals surface area contributed by atoms with E-state index in [1.165, 1.54) is 5.56 Å². The van der Waals surface area contributed by atoms with Crippen molar-refractivity contribution in [2.45, 2.75) is 13.0 Å². The molecule has 1 unspecified atom stereocenters. The Labute approximate surface area is 102 Å². The summed E-state index contributed by atoms with van der Waals surface area (Å²) in [7, 11) is 3.99. The van der Waals surface area contributed by atoms with E-state index < -0.39 is 0 Å². The van der Waals surface area contributed by atoms with Crippen molar-refractivity contribution in [1.29, 1.82) is 0 Å². The number of imidazole rings is 1. The van der Waals surface area contributed by atoms with Gasteiger partial charge in [0.05, 0.1) is 6.33 Å². The van der Waals surface area contributed by atoms with Crippen LogP contribution in [0.5, 0.6) is 0 Å². The van der Waals surface area contributed by atoms with Gasteiger partial charge in [-0.1, -0.05) is 12.1 Å². The van der Waals surface area contributed by atoms with Crippen LogP contribution in [0.15, 0.2) is 43.0 Å². The summed E-state index contributed by atoms with van der Waals surface area (Å²) < 4.78 is 1.99. The zero-order valence-electron chi connectivity index (χ0n) is 10.5. The summed E-state index contributed by atoms with van der Waals surface area (Å²) in [6, 6.07) is 8.78. The molecule has 0 aliphatic heterocycles. The van der Waals surface area contributed by atoms with Gasteiger partial charge in [-0.2, -0.15) is 0 Å². The van der Waals surface area contributed by atoms with Crippen LogP contribution in [0.2, 0.25) is 0 Å². The molecule has 17 heavy (non-hydrogen) atoms. The van der Waals surface area contributed by atoms with Crippen LogP contribution in [0, 0.1) is 0 Å². The maximum atomic E-state index is 4.04. The Kier molecular flexibility index (Phi) is 3.56. The fourth-order valence-electron chi connectivity index (χ4n) is 1.81. The predicted molar refractivity (Wildman–Crippen MR) is 68.8 cm³/mol. The summed E-state index contributed by atoms with van der Waals surface area (Å²) >= 11 is 0. The first kappa shape index (κ1) is 11.8. The average molecular weight is 230 g/mol. The van der Waals surface area contributed by atoms with Crippen LogP contribution in [0.3, 0.4) is 0 Å². The van der Waals surface area contributed by atoms with Gasteiger partial charge in [-0.05, 0) is 24.6 Å². The fraction of sp³-hybridized carbons (Fsp3) is 0.308. The van der Waals surface area contributed by atoms with E-state index in [0.29, 0.717) is 6.04 Å². The average Bonchev–Trinajstić information content (AvgIpc) is 2.82. The highest BCUT2D eigenvalue weighted by Gasteiger charge is 2.05. The predicted octanol–water partition coefficient (Wildman–Crippen LogP) is 2.00. The lowest BCUT2D eigenvalue weighted by Gasteiger charge is -2.19. The molecular formula is C13H18N4. The minimum atomic E-state index is 0.307. The van der Waals surface area contributed by atoms with E-state index in [9.17, 15) is 0 Å². The summed E-state index contributed by atoms with van der Waals surface area (Å²) in [5.74, 6) is 0. The van der Waals surface area contributed by atoms with Crippen molar-refractivity contribution in [3.05, 3.63) is 48.5 Å².